The van der Waals surface area contributed by atoms with E-state index in [-0.39, 0.29) is 5.70 Å². The molecule has 0 radical (unpaired) electrons. The van der Waals surface area contributed by atoms with Gasteiger partial charge in [-0.1, -0.05) is 30.3 Å². The molecule has 23 heavy (non-hydrogen) atoms. The largest absolute Gasteiger partial charge is 0.488 e. The van der Waals surface area contributed by atoms with Gasteiger partial charge in [0.25, 0.3) is 5.91 Å². The Morgan fingerprint density at radius 1 is 1.00 bits per heavy atom. The SMILES string of the molecule is O=C1NC(=O)/C(=C\c2ccccc2OCc2ccc(I)cc2)N1. The third kappa shape index (κ3) is 3.89. The Morgan fingerprint density at radius 2 is 1.74 bits per heavy atom. The zero-order chi connectivity index (χ0) is 16.2. The smallest absolute Gasteiger partial charge is 0.326 e. The molecule has 1 saturated heterocycles. The predicted molar refractivity (Wildman–Crippen MR) is 94.6 cm³/mol. The van der Waals surface area contributed by atoms with E-state index in [2.05, 4.69) is 33.2 Å². The number of hydrogen-bond acceptors (Lipinski definition) is 3. The number of halogens is 1. The number of rotatable bonds is 4. The topological polar surface area (TPSA) is 67.4 Å². The highest BCUT2D eigenvalue weighted by Gasteiger charge is 2.23. The summed E-state index contributed by atoms with van der Waals surface area (Å²) in [6.07, 6.45) is 1.60. The molecule has 3 amide bonds. The fourth-order valence-corrected chi connectivity index (χ4v) is 2.47. The van der Waals surface area contributed by atoms with E-state index >= 15 is 0 Å². The quantitative estimate of drug-likeness (QED) is 0.454. The van der Waals surface area contributed by atoms with Crippen LogP contribution in [0.3, 0.4) is 0 Å². The van der Waals surface area contributed by atoms with E-state index in [1.165, 1.54) is 3.57 Å². The Balaban J connectivity index is 1.78. The maximum atomic E-state index is 11.6. The second-order valence-corrected chi connectivity index (χ2v) is 6.16. The molecule has 0 unspecified atom stereocenters. The molecule has 0 bridgehead atoms. The van der Waals surface area contributed by atoms with Gasteiger partial charge in [0.2, 0.25) is 0 Å². The number of imide groups is 1. The van der Waals surface area contributed by atoms with Crippen LogP contribution in [-0.4, -0.2) is 11.9 Å². The van der Waals surface area contributed by atoms with Gasteiger partial charge in [0.1, 0.15) is 18.1 Å². The minimum absolute atomic E-state index is 0.209. The van der Waals surface area contributed by atoms with Crippen LogP contribution in [0.2, 0.25) is 0 Å². The number of nitrogens with one attached hydrogen (secondary N) is 2. The van der Waals surface area contributed by atoms with Gasteiger partial charge in [0.05, 0.1) is 0 Å². The summed E-state index contributed by atoms with van der Waals surface area (Å²) >= 11 is 2.25. The van der Waals surface area contributed by atoms with Crippen molar-refractivity contribution in [3.8, 4) is 5.75 Å². The molecule has 0 aromatic heterocycles. The Bertz CT molecular complexity index is 785. The molecule has 3 rings (SSSR count). The molecule has 0 aliphatic carbocycles. The van der Waals surface area contributed by atoms with Crippen LogP contribution in [0.25, 0.3) is 6.08 Å². The van der Waals surface area contributed by atoms with E-state index in [1.807, 2.05) is 48.5 Å². The van der Waals surface area contributed by atoms with Crippen molar-refractivity contribution in [1.82, 2.24) is 10.6 Å². The van der Waals surface area contributed by atoms with Crippen molar-refractivity contribution < 1.29 is 14.3 Å². The summed E-state index contributed by atoms with van der Waals surface area (Å²) in [5.41, 5.74) is 1.99. The van der Waals surface area contributed by atoms with Crippen molar-refractivity contribution in [1.29, 1.82) is 0 Å². The summed E-state index contributed by atoms with van der Waals surface area (Å²) in [7, 11) is 0. The minimum Gasteiger partial charge on any atom is -0.488 e. The van der Waals surface area contributed by atoms with Gasteiger partial charge in [-0.05, 0) is 52.4 Å². The molecule has 1 fully saturated rings. The lowest BCUT2D eigenvalue weighted by Crippen LogP contribution is -2.22. The average molecular weight is 420 g/mol. The highest BCUT2D eigenvalue weighted by atomic mass is 127. The van der Waals surface area contributed by atoms with Crippen molar-refractivity contribution >= 4 is 40.6 Å². The fourth-order valence-electron chi connectivity index (χ4n) is 2.11. The average Bonchev–Trinajstić information content (AvgIpc) is 2.86. The summed E-state index contributed by atoms with van der Waals surface area (Å²) in [6.45, 7) is 0.426. The summed E-state index contributed by atoms with van der Waals surface area (Å²) in [5, 5.41) is 4.64. The number of carbonyl (C=O) groups is 2. The molecule has 116 valence electrons. The number of benzene rings is 2. The molecular formula is C17H13IN2O3. The lowest BCUT2D eigenvalue weighted by atomic mass is 10.1. The van der Waals surface area contributed by atoms with Crippen LogP contribution in [0, 0.1) is 3.57 Å². The molecule has 5 nitrogen and oxygen atoms in total. The van der Waals surface area contributed by atoms with Crippen molar-refractivity contribution in [2.75, 3.05) is 0 Å². The van der Waals surface area contributed by atoms with Crippen LogP contribution in [0.5, 0.6) is 5.75 Å². The zero-order valence-corrected chi connectivity index (χ0v) is 14.2. The normalized spacial score (nSPS) is 15.4. The van der Waals surface area contributed by atoms with Crippen molar-refractivity contribution in [3.05, 3.63) is 68.9 Å². The standard InChI is InChI=1S/C17H13IN2O3/c18-13-7-5-11(6-8-13)10-23-15-4-2-1-3-12(15)9-14-16(21)20-17(22)19-14/h1-9H,10H2,(H2,19,20,21,22)/b14-9+. The Kier molecular flexibility index (Phi) is 4.61. The number of ether oxygens (including phenoxy) is 1. The highest BCUT2D eigenvalue weighted by molar-refractivity contribution is 14.1. The van der Waals surface area contributed by atoms with Crippen molar-refractivity contribution in [2.24, 2.45) is 0 Å². The Hall–Kier alpha value is -2.35. The first-order valence-corrected chi connectivity index (χ1v) is 8.00. The molecule has 1 heterocycles. The number of urea groups is 1. The first-order valence-electron chi connectivity index (χ1n) is 6.92. The first-order chi connectivity index (χ1) is 11.1. The maximum Gasteiger partial charge on any atom is 0.326 e. The van der Waals surface area contributed by atoms with Gasteiger partial charge < -0.3 is 10.1 Å². The van der Waals surface area contributed by atoms with Crippen LogP contribution in [-0.2, 0) is 11.4 Å². The number of para-hydroxylation sites is 1. The second-order valence-electron chi connectivity index (χ2n) is 4.92. The van der Waals surface area contributed by atoms with Crippen molar-refractivity contribution in [3.63, 3.8) is 0 Å². The van der Waals surface area contributed by atoms with Gasteiger partial charge in [0.15, 0.2) is 0 Å². The Labute approximate surface area is 146 Å². The van der Waals surface area contributed by atoms with E-state index < -0.39 is 11.9 Å². The second kappa shape index (κ2) is 6.82. The molecule has 6 heteroatoms. The number of hydrogen-bond donors (Lipinski definition) is 2. The third-order valence-electron chi connectivity index (χ3n) is 3.25. The van der Waals surface area contributed by atoms with E-state index in [0.29, 0.717) is 12.4 Å². The van der Waals surface area contributed by atoms with Gasteiger partial charge in [-0.2, -0.15) is 0 Å². The lowest BCUT2D eigenvalue weighted by molar-refractivity contribution is -0.115. The predicted octanol–water partition coefficient (Wildman–Crippen LogP) is 3.05. The molecule has 1 aliphatic rings. The first kappa shape index (κ1) is 15.5. The molecular weight excluding hydrogens is 407 g/mol. The van der Waals surface area contributed by atoms with Crippen LogP contribution in [0.4, 0.5) is 4.79 Å². The highest BCUT2D eigenvalue weighted by Crippen LogP contribution is 2.22. The molecule has 2 aromatic rings. The van der Waals surface area contributed by atoms with E-state index in [9.17, 15) is 9.59 Å². The van der Waals surface area contributed by atoms with E-state index in [4.69, 9.17) is 4.74 Å². The number of carbonyl (C=O) groups excluding carboxylic acids is 2. The lowest BCUT2D eigenvalue weighted by Gasteiger charge is -2.09. The minimum atomic E-state index is -0.515. The number of amides is 3. The van der Waals surface area contributed by atoms with Crippen LogP contribution in [0.1, 0.15) is 11.1 Å². The van der Waals surface area contributed by atoms with Crippen LogP contribution in [0.15, 0.2) is 54.2 Å². The van der Waals surface area contributed by atoms with Gasteiger partial charge in [-0.25, -0.2) is 4.79 Å². The van der Waals surface area contributed by atoms with Gasteiger partial charge in [-0.3, -0.25) is 10.1 Å². The third-order valence-corrected chi connectivity index (χ3v) is 3.97. The molecule has 2 N–H and O–H groups in total. The fraction of sp³-hybridized carbons (Fsp3) is 0.0588. The molecule has 2 aromatic carbocycles. The summed E-state index contributed by atoms with van der Waals surface area (Å²) in [6, 6.07) is 14.9. The van der Waals surface area contributed by atoms with E-state index in [1.54, 1.807) is 6.08 Å². The van der Waals surface area contributed by atoms with Gasteiger partial charge in [-0.15, -0.1) is 0 Å². The maximum absolute atomic E-state index is 11.6. The molecule has 0 spiro atoms. The summed E-state index contributed by atoms with van der Waals surface area (Å²) < 4.78 is 7.01. The molecule has 0 atom stereocenters. The molecule has 0 saturated carbocycles. The monoisotopic (exact) mass is 420 g/mol. The van der Waals surface area contributed by atoms with Crippen LogP contribution < -0.4 is 15.4 Å². The summed E-state index contributed by atoms with van der Waals surface area (Å²) in [5.74, 6) is 0.204. The molecule has 1 aliphatic heterocycles. The van der Waals surface area contributed by atoms with E-state index in [0.717, 1.165) is 11.1 Å². The van der Waals surface area contributed by atoms with Crippen molar-refractivity contribution in [2.45, 2.75) is 6.61 Å². The zero-order valence-electron chi connectivity index (χ0n) is 12.0. The van der Waals surface area contributed by atoms with Crippen LogP contribution >= 0.6 is 22.6 Å². The Morgan fingerprint density at radius 3 is 2.43 bits per heavy atom. The van der Waals surface area contributed by atoms with Gasteiger partial charge in [0, 0.05) is 9.13 Å². The summed E-state index contributed by atoms with van der Waals surface area (Å²) in [4.78, 5) is 22.8. The van der Waals surface area contributed by atoms with Gasteiger partial charge >= 0.3 is 6.03 Å².